The second kappa shape index (κ2) is 5.38. The lowest BCUT2D eigenvalue weighted by atomic mass is 10.2. The zero-order valence-corrected chi connectivity index (χ0v) is 11.1. The van der Waals surface area contributed by atoms with Crippen molar-refractivity contribution in [3.8, 4) is 11.6 Å². The maximum atomic E-state index is 5.93. The Morgan fingerprint density at radius 3 is 2.67 bits per heavy atom. The van der Waals surface area contributed by atoms with Crippen LogP contribution in [-0.4, -0.2) is 4.98 Å². The van der Waals surface area contributed by atoms with Crippen LogP contribution in [-0.2, 0) is 0 Å². The van der Waals surface area contributed by atoms with Crippen LogP contribution >= 0.6 is 11.6 Å². The lowest BCUT2D eigenvalue weighted by Gasteiger charge is -2.09. The topological polar surface area (TPSA) is 48.1 Å². The minimum Gasteiger partial charge on any atom is -0.439 e. The van der Waals surface area contributed by atoms with E-state index in [1.165, 1.54) is 0 Å². The molecule has 4 heteroatoms. The maximum Gasteiger partial charge on any atom is 0.219 e. The van der Waals surface area contributed by atoms with Gasteiger partial charge in [-0.25, -0.2) is 4.98 Å². The smallest absolute Gasteiger partial charge is 0.219 e. The number of nitrogens with zero attached hydrogens (tertiary/aromatic N) is 1. The fourth-order valence-corrected chi connectivity index (χ4v) is 1.68. The predicted octanol–water partition coefficient (Wildman–Crippen LogP) is 3.86. The highest BCUT2D eigenvalue weighted by molar-refractivity contribution is 6.30. The molecule has 3 nitrogen and oxygen atoms in total. The van der Waals surface area contributed by atoms with Gasteiger partial charge in [-0.1, -0.05) is 23.7 Å². The summed E-state index contributed by atoms with van der Waals surface area (Å²) in [5.41, 5.74) is 7.75. The van der Waals surface area contributed by atoms with Crippen LogP contribution in [0.15, 0.2) is 36.5 Å². The van der Waals surface area contributed by atoms with Crippen molar-refractivity contribution < 1.29 is 4.74 Å². The van der Waals surface area contributed by atoms with E-state index in [2.05, 4.69) is 4.98 Å². The SMILES string of the molecule is Cc1ccc(Cl)cc1Oc1ccc([C@H](C)N)cn1. The van der Waals surface area contributed by atoms with Gasteiger partial charge in [-0.05, 0) is 37.1 Å². The molecule has 2 N–H and O–H groups in total. The molecule has 2 aromatic rings. The van der Waals surface area contributed by atoms with Crippen molar-refractivity contribution in [3.05, 3.63) is 52.7 Å². The Balaban J connectivity index is 2.21. The van der Waals surface area contributed by atoms with Gasteiger partial charge in [0.15, 0.2) is 0 Å². The lowest BCUT2D eigenvalue weighted by Crippen LogP contribution is -2.05. The van der Waals surface area contributed by atoms with Crippen molar-refractivity contribution in [3.63, 3.8) is 0 Å². The van der Waals surface area contributed by atoms with E-state index in [1.807, 2.05) is 32.0 Å². The van der Waals surface area contributed by atoms with Gasteiger partial charge in [0, 0.05) is 23.3 Å². The number of rotatable bonds is 3. The van der Waals surface area contributed by atoms with E-state index < -0.39 is 0 Å². The molecule has 1 heterocycles. The molecule has 0 aliphatic carbocycles. The second-order valence-electron chi connectivity index (χ2n) is 4.23. The summed E-state index contributed by atoms with van der Waals surface area (Å²) in [6.07, 6.45) is 1.72. The van der Waals surface area contributed by atoms with E-state index in [0.29, 0.717) is 16.7 Å². The van der Waals surface area contributed by atoms with Crippen molar-refractivity contribution in [2.75, 3.05) is 0 Å². The van der Waals surface area contributed by atoms with E-state index in [0.717, 1.165) is 11.1 Å². The van der Waals surface area contributed by atoms with Crippen molar-refractivity contribution >= 4 is 11.6 Å². The van der Waals surface area contributed by atoms with Gasteiger partial charge < -0.3 is 10.5 Å². The predicted molar refractivity (Wildman–Crippen MR) is 73.1 cm³/mol. The number of hydrogen-bond donors (Lipinski definition) is 1. The summed E-state index contributed by atoms with van der Waals surface area (Å²) in [4.78, 5) is 4.22. The number of ether oxygens (including phenoxy) is 1. The zero-order chi connectivity index (χ0) is 13.1. The molecule has 94 valence electrons. The van der Waals surface area contributed by atoms with Crippen molar-refractivity contribution in [1.82, 2.24) is 4.98 Å². The number of halogens is 1. The Labute approximate surface area is 112 Å². The highest BCUT2D eigenvalue weighted by Crippen LogP contribution is 2.27. The lowest BCUT2D eigenvalue weighted by molar-refractivity contribution is 0.459. The van der Waals surface area contributed by atoms with Gasteiger partial charge in [0.05, 0.1) is 0 Å². The Morgan fingerprint density at radius 2 is 2.06 bits per heavy atom. The molecule has 2 rings (SSSR count). The molecule has 0 radical (unpaired) electrons. The van der Waals surface area contributed by atoms with E-state index in [9.17, 15) is 0 Å². The number of pyridine rings is 1. The first-order valence-corrected chi connectivity index (χ1v) is 6.09. The number of nitrogens with two attached hydrogens (primary N) is 1. The normalized spacial score (nSPS) is 12.2. The molecule has 0 aliphatic rings. The second-order valence-corrected chi connectivity index (χ2v) is 4.67. The summed E-state index contributed by atoms with van der Waals surface area (Å²) in [7, 11) is 0. The standard InChI is InChI=1S/C14H15ClN2O/c1-9-3-5-12(15)7-13(9)18-14-6-4-11(8-17-14)10(2)16/h3-8,10H,16H2,1-2H3/t10-/m0/s1. The zero-order valence-electron chi connectivity index (χ0n) is 10.4. The highest BCUT2D eigenvalue weighted by Gasteiger charge is 2.05. The van der Waals surface area contributed by atoms with Crippen LogP contribution in [0.1, 0.15) is 24.1 Å². The third kappa shape index (κ3) is 3.00. The Hall–Kier alpha value is -1.58. The fourth-order valence-electron chi connectivity index (χ4n) is 1.52. The first-order chi connectivity index (χ1) is 8.56. The first kappa shape index (κ1) is 12.9. The molecule has 0 aliphatic heterocycles. The van der Waals surface area contributed by atoms with Crippen molar-refractivity contribution in [2.45, 2.75) is 19.9 Å². The number of benzene rings is 1. The summed E-state index contributed by atoms with van der Waals surface area (Å²) in [5, 5.41) is 0.641. The van der Waals surface area contributed by atoms with Gasteiger partial charge >= 0.3 is 0 Å². The first-order valence-electron chi connectivity index (χ1n) is 5.72. The minimum atomic E-state index is -0.0283. The monoisotopic (exact) mass is 262 g/mol. The largest absolute Gasteiger partial charge is 0.439 e. The molecule has 0 amide bonds. The third-order valence-corrected chi connectivity index (χ3v) is 2.88. The highest BCUT2D eigenvalue weighted by atomic mass is 35.5. The third-order valence-electron chi connectivity index (χ3n) is 2.65. The minimum absolute atomic E-state index is 0.0283. The van der Waals surface area contributed by atoms with Crippen molar-refractivity contribution in [2.24, 2.45) is 5.73 Å². The van der Waals surface area contributed by atoms with Gasteiger partial charge in [-0.15, -0.1) is 0 Å². The van der Waals surface area contributed by atoms with Crippen molar-refractivity contribution in [1.29, 1.82) is 0 Å². The summed E-state index contributed by atoms with van der Waals surface area (Å²) in [6.45, 7) is 3.88. The van der Waals surface area contributed by atoms with Gasteiger partial charge in [-0.3, -0.25) is 0 Å². The fraction of sp³-hybridized carbons (Fsp3) is 0.214. The molecule has 0 bridgehead atoms. The molecular formula is C14H15ClN2O. The summed E-state index contributed by atoms with van der Waals surface area (Å²) < 4.78 is 5.69. The van der Waals surface area contributed by atoms with Crippen LogP contribution in [0.3, 0.4) is 0 Å². The van der Waals surface area contributed by atoms with Gasteiger partial charge in [0.2, 0.25) is 5.88 Å². The van der Waals surface area contributed by atoms with Crippen LogP contribution in [0.2, 0.25) is 5.02 Å². The number of aromatic nitrogens is 1. The quantitative estimate of drug-likeness (QED) is 0.914. The van der Waals surface area contributed by atoms with E-state index in [-0.39, 0.29) is 6.04 Å². The average Bonchev–Trinajstić information content (AvgIpc) is 2.34. The maximum absolute atomic E-state index is 5.93. The van der Waals surface area contributed by atoms with Gasteiger partial charge in [0.1, 0.15) is 5.75 Å². The summed E-state index contributed by atoms with van der Waals surface area (Å²) >= 11 is 5.93. The van der Waals surface area contributed by atoms with Crippen LogP contribution in [0, 0.1) is 6.92 Å². The number of aryl methyl sites for hydroxylation is 1. The van der Waals surface area contributed by atoms with Crippen LogP contribution in [0.5, 0.6) is 11.6 Å². The molecule has 0 spiro atoms. The van der Waals surface area contributed by atoms with E-state index in [4.69, 9.17) is 22.1 Å². The molecule has 1 atom stereocenters. The van der Waals surface area contributed by atoms with Crippen LogP contribution < -0.4 is 10.5 Å². The molecule has 0 saturated heterocycles. The van der Waals surface area contributed by atoms with E-state index >= 15 is 0 Å². The molecular weight excluding hydrogens is 248 g/mol. The summed E-state index contributed by atoms with van der Waals surface area (Å²) in [5.74, 6) is 1.24. The molecule has 1 aromatic heterocycles. The van der Waals surface area contributed by atoms with Crippen LogP contribution in [0.4, 0.5) is 0 Å². The molecule has 18 heavy (non-hydrogen) atoms. The molecule has 0 unspecified atom stereocenters. The number of hydrogen-bond acceptors (Lipinski definition) is 3. The Morgan fingerprint density at radius 1 is 1.28 bits per heavy atom. The van der Waals surface area contributed by atoms with E-state index in [1.54, 1.807) is 18.3 Å². The Kier molecular flexibility index (Phi) is 3.84. The molecule has 0 saturated carbocycles. The summed E-state index contributed by atoms with van der Waals surface area (Å²) in [6, 6.07) is 9.20. The molecule has 0 fully saturated rings. The Bertz CT molecular complexity index is 538. The average molecular weight is 263 g/mol. The van der Waals surface area contributed by atoms with Gasteiger partial charge in [-0.2, -0.15) is 0 Å². The van der Waals surface area contributed by atoms with Gasteiger partial charge in [0.25, 0.3) is 0 Å². The van der Waals surface area contributed by atoms with Crippen LogP contribution in [0.25, 0.3) is 0 Å². The molecule has 1 aromatic carbocycles.